The molecule has 0 aromatic heterocycles. The van der Waals surface area contributed by atoms with Crippen molar-refractivity contribution in [2.45, 2.75) is 31.8 Å². The van der Waals surface area contributed by atoms with Crippen molar-refractivity contribution < 1.29 is 14.6 Å². The summed E-state index contributed by atoms with van der Waals surface area (Å²) in [6.45, 7) is 2.27. The molecule has 1 saturated heterocycles. The molecule has 1 aliphatic heterocycles. The first-order valence-corrected chi connectivity index (χ1v) is 6.78. The van der Waals surface area contributed by atoms with Crippen LogP contribution in [0.2, 0.25) is 0 Å². The van der Waals surface area contributed by atoms with Crippen LogP contribution < -0.4 is 4.74 Å². The Hall–Kier alpha value is -1.06. The number of benzene rings is 1. The molecule has 1 N–H and O–H groups in total. The second kappa shape index (κ2) is 7.39. The molecular weight excluding hydrogens is 228 g/mol. The Labute approximate surface area is 109 Å². The molecule has 2 rings (SSSR count). The summed E-state index contributed by atoms with van der Waals surface area (Å²) in [5, 5.41) is 9.96. The van der Waals surface area contributed by atoms with E-state index in [2.05, 4.69) is 0 Å². The largest absolute Gasteiger partial charge is 0.493 e. The molecule has 1 aromatic rings. The van der Waals surface area contributed by atoms with Gasteiger partial charge in [-0.1, -0.05) is 18.2 Å². The third-order valence-electron chi connectivity index (χ3n) is 3.41. The van der Waals surface area contributed by atoms with E-state index in [0.717, 1.165) is 38.2 Å². The number of hydrogen-bond donors (Lipinski definition) is 1. The minimum Gasteiger partial charge on any atom is -0.493 e. The van der Waals surface area contributed by atoms with Gasteiger partial charge in [0.2, 0.25) is 0 Å². The number of aliphatic hydroxyl groups excluding tert-OH is 1. The highest BCUT2D eigenvalue weighted by molar-refractivity contribution is 5.20. The SMILES string of the molecule is OC(CCOc1ccccc1)CC1CCOCC1. The van der Waals surface area contributed by atoms with Crippen molar-refractivity contribution in [2.75, 3.05) is 19.8 Å². The predicted molar refractivity (Wildman–Crippen MR) is 70.7 cm³/mol. The summed E-state index contributed by atoms with van der Waals surface area (Å²) in [6.07, 6.45) is 3.48. The van der Waals surface area contributed by atoms with Crippen LogP contribution in [0.15, 0.2) is 30.3 Å². The second-order valence-electron chi connectivity index (χ2n) is 4.90. The molecule has 0 spiro atoms. The van der Waals surface area contributed by atoms with E-state index in [9.17, 15) is 5.11 Å². The molecule has 3 nitrogen and oxygen atoms in total. The fraction of sp³-hybridized carbons (Fsp3) is 0.600. The van der Waals surface area contributed by atoms with Gasteiger partial charge in [-0.3, -0.25) is 0 Å². The zero-order chi connectivity index (χ0) is 12.6. The zero-order valence-corrected chi connectivity index (χ0v) is 10.8. The van der Waals surface area contributed by atoms with E-state index in [1.54, 1.807) is 0 Å². The summed E-state index contributed by atoms with van der Waals surface area (Å²) in [7, 11) is 0. The van der Waals surface area contributed by atoms with Crippen molar-refractivity contribution in [3.63, 3.8) is 0 Å². The molecule has 1 fully saturated rings. The maximum absolute atomic E-state index is 9.96. The zero-order valence-electron chi connectivity index (χ0n) is 10.8. The van der Waals surface area contributed by atoms with Crippen LogP contribution in [0.25, 0.3) is 0 Å². The van der Waals surface area contributed by atoms with E-state index in [4.69, 9.17) is 9.47 Å². The van der Waals surface area contributed by atoms with E-state index in [1.807, 2.05) is 30.3 Å². The Balaban J connectivity index is 1.61. The summed E-state index contributed by atoms with van der Waals surface area (Å²) in [5.41, 5.74) is 0. The number of ether oxygens (including phenoxy) is 2. The maximum atomic E-state index is 9.96. The monoisotopic (exact) mass is 250 g/mol. The highest BCUT2D eigenvalue weighted by atomic mass is 16.5. The fourth-order valence-corrected chi connectivity index (χ4v) is 2.31. The average molecular weight is 250 g/mol. The van der Waals surface area contributed by atoms with Gasteiger partial charge in [0.25, 0.3) is 0 Å². The number of rotatable bonds is 6. The molecule has 0 saturated carbocycles. The molecule has 0 radical (unpaired) electrons. The van der Waals surface area contributed by atoms with Crippen LogP contribution in [0.1, 0.15) is 25.7 Å². The van der Waals surface area contributed by atoms with Crippen LogP contribution in [-0.2, 0) is 4.74 Å². The molecule has 1 aliphatic rings. The topological polar surface area (TPSA) is 38.7 Å². The van der Waals surface area contributed by atoms with Crippen LogP contribution in [0.3, 0.4) is 0 Å². The minimum atomic E-state index is -0.253. The van der Waals surface area contributed by atoms with Gasteiger partial charge in [-0.05, 0) is 37.3 Å². The lowest BCUT2D eigenvalue weighted by atomic mass is 9.93. The molecule has 100 valence electrons. The fourth-order valence-electron chi connectivity index (χ4n) is 2.31. The standard InChI is InChI=1S/C15H22O3/c16-14(12-13-6-9-17-10-7-13)8-11-18-15-4-2-1-3-5-15/h1-5,13-14,16H,6-12H2. The van der Waals surface area contributed by atoms with Crippen LogP contribution in [-0.4, -0.2) is 31.0 Å². The van der Waals surface area contributed by atoms with Gasteiger partial charge in [0.15, 0.2) is 0 Å². The van der Waals surface area contributed by atoms with Crippen molar-refractivity contribution in [3.8, 4) is 5.75 Å². The molecular formula is C15H22O3. The van der Waals surface area contributed by atoms with E-state index >= 15 is 0 Å². The summed E-state index contributed by atoms with van der Waals surface area (Å²) in [4.78, 5) is 0. The lowest BCUT2D eigenvalue weighted by Gasteiger charge is -2.24. The molecule has 0 bridgehead atoms. The third-order valence-corrected chi connectivity index (χ3v) is 3.41. The highest BCUT2D eigenvalue weighted by Gasteiger charge is 2.17. The Kier molecular flexibility index (Phi) is 5.49. The van der Waals surface area contributed by atoms with E-state index < -0.39 is 0 Å². The number of para-hydroxylation sites is 1. The van der Waals surface area contributed by atoms with Gasteiger partial charge >= 0.3 is 0 Å². The first kappa shape index (κ1) is 13.4. The van der Waals surface area contributed by atoms with E-state index in [1.165, 1.54) is 0 Å². The Morgan fingerprint density at radius 3 is 2.67 bits per heavy atom. The van der Waals surface area contributed by atoms with Crippen LogP contribution in [0.4, 0.5) is 0 Å². The number of hydrogen-bond acceptors (Lipinski definition) is 3. The normalized spacial score (nSPS) is 18.5. The molecule has 0 amide bonds. The average Bonchev–Trinajstić information content (AvgIpc) is 2.41. The molecule has 18 heavy (non-hydrogen) atoms. The third kappa shape index (κ3) is 4.67. The van der Waals surface area contributed by atoms with Crippen LogP contribution in [0.5, 0.6) is 5.75 Å². The molecule has 1 aromatic carbocycles. The van der Waals surface area contributed by atoms with Gasteiger partial charge in [-0.25, -0.2) is 0 Å². The molecule has 3 heteroatoms. The summed E-state index contributed by atoms with van der Waals surface area (Å²) >= 11 is 0. The van der Waals surface area contributed by atoms with E-state index in [-0.39, 0.29) is 6.10 Å². The Morgan fingerprint density at radius 1 is 1.22 bits per heavy atom. The first-order valence-electron chi connectivity index (χ1n) is 6.78. The summed E-state index contributed by atoms with van der Waals surface area (Å²) in [5.74, 6) is 1.49. The number of aliphatic hydroxyl groups is 1. The van der Waals surface area contributed by atoms with Gasteiger partial charge in [0.05, 0.1) is 12.7 Å². The smallest absolute Gasteiger partial charge is 0.119 e. The lowest BCUT2D eigenvalue weighted by Crippen LogP contribution is -2.22. The van der Waals surface area contributed by atoms with Gasteiger partial charge in [-0.15, -0.1) is 0 Å². The quantitative estimate of drug-likeness (QED) is 0.843. The maximum Gasteiger partial charge on any atom is 0.119 e. The van der Waals surface area contributed by atoms with E-state index in [0.29, 0.717) is 18.9 Å². The van der Waals surface area contributed by atoms with Crippen LogP contribution in [0, 0.1) is 5.92 Å². The van der Waals surface area contributed by atoms with Crippen molar-refractivity contribution in [3.05, 3.63) is 30.3 Å². The summed E-state index contributed by atoms with van der Waals surface area (Å²) in [6, 6.07) is 9.74. The van der Waals surface area contributed by atoms with Crippen LogP contribution >= 0.6 is 0 Å². The van der Waals surface area contributed by atoms with Gasteiger partial charge in [-0.2, -0.15) is 0 Å². The van der Waals surface area contributed by atoms with Gasteiger partial charge in [0, 0.05) is 19.6 Å². The molecule has 0 aliphatic carbocycles. The van der Waals surface area contributed by atoms with Crippen molar-refractivity contribution >= 4 is 0 Å². The second-order valence-corrected chi connectivity index (χ2v) is 4.90. The highest BCUT2D eigenvalue weighted by Crippen LogP contribution is 2.21. The summed E-state index contributed by atoms with van der Waals surface area (Å²) < 4.78 is 10.9. The predicted octanol–water partition coefficient (Wildman–Crippen LogP) is 2.63. The molecule has 1 unspecified atom stereocenters. The van der Waals surface area contributed by atoms with Gasteiger partial charge in [0.1, 0.15) is 5.75 Å². The van der Waals surface area contributed by atoms with Gasteiger partial charge < -0.3 is 14.6 Å². The van der Waals surface area contributed by atoms with Crippen molar-refractivity contribution in [1.82, 2.24) is 0 Å². The molecule has 1 atom stereocenters. The molecule has 1 heterocycles. The first-order chi connectivity index (χ1) is 8.84. The lowest BCUT2D eigenvalue weighted by molar-refractivity contribution is 0.0390. The van der Waals surface area contributed by atoms with Crippen molar-refractivity contribution in [1.29, 1.82) is 0 Å². The Bertz CT molecular complexity index is 320. The Morgan fingerprint density at radius 2 is 1.94 bits per heavy atom. The van der Waals surface area contributed by atoms with Crippen molar-refractivity contribution in [2.24, 2.45) is 5.92 Å². The minimum absolute atomic E-state index is 0.253.